The molecule has 0 amide bonds. The van der Waals surface area contributed by atoms with E-state index in [9.17, 15) is 0 Å². The maximum atomic E-state index is 5.44. The van der Waals surface area contributed by atoms with E-state index in [2.05, 4.69) is 32.5 Å². The third-order valence-corrected chi connectivity index (χ3v) is 3.83. The molecule has 0 spiro atoms. The molecular weight excluding hydrogens is 252 g/mol. The first-order valence-corrected chi connectivity index (χ1v) is 7.55. The lowest BCUT2D eigenvalue weighted by Gasteiger charge is -2.32. The van der Waals surface area contributed by atoms with Gasteiger partial charge in [-0.15, -0.1) is 0 Å². The molecule has 0 bridgehead atoms. The van der Waals surface area contributed by atoms with E-state index in [-0.39, 0.29) is 0 Å². The fourth-order valence-corrected chi connectivity index (χ4v) is 2.56. The Bertz CT molecular complexity index is 394. The summed E-state index contributed by atoms with van der Waals surface area (Å²) in [5.74, 6) is 7.74. The minimum absolute atomic E-state index is 0.518. The van der Waals surface area contributed by atoms with Gasteiger partial charge in [-0.1, -0.05) is 13.3 Å². The number of anilines is 2. The Hall–Kier alpha value is -1.40. The monoisotopic (exact) mass is 278 g/mol. The van der Waals surface area contributed by atoms with Crippen molar-refractivity contribution in [3.05, 3.63) is 11.9 Å². The van der Waals surface area contributed by atoms with E-state index in [1.54, 1.807) is 0 Å². The summed E-state index contributed by atoms with van der Waals surface area (Å²) in [7, 11) is 0. The molecule has 1 aromatic rings. The van der Waals surface area contributed by atoms with Crippen molar-refractivity contribution in [1.29, 1.82) is 0 Å². The number of likely N-dealkylation sites (tertiary alicyclic amines) is 1. The Morgan fingerprint density at radius 2 is 1.95 bits per heavy atom. The van der Waals surface area contributed by atoms with Crippen molar-refractivity contribution < 1.29 is 0 Å². The van der Waals surface area contributed by atoms with Crippen LogP contribution in [-0.4, -0.2) is 40.5 Å². The van der Waals surface area contributed by atoms with Gasteiger partial charge in [0.25, 0.3) is 0 Å². The summed E-state index contributed by atoms with van der Waals surface area (Å²) in [5, 5.41) is 3.40. The average Bonchev–Trinajstić information content (AvgIpc) is 2.53. The van der Waals surface area contributed by atoms with E-state index in [1.807, 2.05) is 13.0 Å². The van der Waals surface area contributed by atoms with Crippen LogP contribution in [0.2, 0.25) is 0 Å². The second-order valence-corrected chi connectivity index (χ2v) is 5.38. The van der Waals surface area contributed by atoms with Crippen LogP contribution < -0.4 is 16.6 Å². The number of aryl methyl sites for hydroxylation is 1. The Kier molecular flexibility index (Phi) is 5.55. The van der Waals surface area contributed by atoms with Crippen LogP contribution in [0.5, 0.6) is 0 Å². The zero-order chi connectivity index (χ0) is 14.4. The van der Waals surface area contributed by atoms with Crippen molar-refractivity contribution in [2.24, 2.45) is 5.84 Å². The number of nitrogens with two attached hydrogens (primary N) is 1. The van der Waals surface area contributed by atoms with Gasteiger partial charge in [0.15, 0.2) is 0 Å². The first-order chi connectivity index (χ1) is 9.72. The number of piperidine rings is 1. The molecule has 1 aromatic heterocycles. The van der Waals surface area contributed by atoms with Gasteiger partial charge >= 0.3 is 0 Å². The van der Waals surface area contributed by atoms with Crippen molar-refractivity contribution >= 4 is 11.6 Å². The third kappa shape index (κ3) is 4.05. The molecule has 0 saturated carbocycles. The number of nitrogen functional groups attached to an aromatic ring is 1. The summed E-state index contributed by atoms with van der Waals surface area (Å²) < 4.78 is 0. The zero-order valence-corrected chi connectivity index (χ0v) is 12.5. The van der Waals surface area contributed by atoms with E-state index >= 15 is 0 Å². The number of hydrogen-bond donors (Lipinski definition) is 3. The van der Waals surface area contributed by atoms with Crippen LogP contribution in [0.25, 0.3) is 0 Å². The summed E-state index contributed by atoms with van der Waals surface area (Å²) in [5.41, 5.74) is 2.59. The molecule has 1 fully saturated rings. The number of hydrazine groups is 1. The molecule has 1 aliphatic heterocycles. The highest BCUT2D eigenvalue weighted by Crippen LogP contribution is 2.14. The number of hydrogen-bond acceptors (Lipinski definition) is 6. The van der Waals surface area contributed by atoms with Crippen LogP contribution >= 0.6 is 0 Å². The van der Waals surface area contributed by atoms with Crippen molar-refractivity contribution in [3.63, 3.8) is 0 Å². The van der Waals surface area contributed by atoms with Gasteiger partial charge < -0.3 is 10.7 Å². The lowest BCUT2D eigenvalue weighted by atomic mass is 10.1. The normalized spacial score (nSPS) is 17.8. The quantitative estimate of drug-likeness (QED) is 0.542. The van der Waals surface area contributed by atoms with E-state index in [4.69, 9.17) is 5.84 Å². The molecular formula is C14H26N6. The highest BCUT2D eigenvalue weighted by Gasteiger charge is 2.16. The standard InChI is InChI=1S/C14H26N6/c1-3-12-17-13(9-14(18-12)19-15)16-10-11(2)20-7-5-4-6-8-20/h9,11H,3-8,10,15H2,1-2H3,(H2,16,17,18,19). The molecule has 2 rings (SSSR count). The largest absolute Gasteiger partial charge is 0.368 e. The van der Waals surface area contributed by atoms with Gasteiger partial charge in [-0.2, -0.15) is 0 Å². The molecule has 112 valence electrons. The molecule has 1 saturated heterocycles. The number of nitrogens with one attached hydrogen (secondary N) is 2. The highest BCUT2D eigenvalue weighted by molar-refractivity contribution is 5.46. The summed E-state index contributed by atoms with van der Waals surface area (Å²) in [4.78, 5) is 11.3. The predicted molar refractivity (Wildman–Crippen MR) is 82.6 cm³/mol. The molecule has 0 aliphatic carbocycles. The van der Waals surface area contributed by atoms with Gasteiger partial charge in [-0.05, 0) is 32.9 Å². The smallest absolute Gasteiger partial charge is 0.145 e. The van der Waals surface area contributed by atoms with Crippen LogP contribution in [0.3, 0.4) is 0 Å². The second kappa shape index (κ2) is 7.40. The SMILES string of the molecule is CCc1nc(NN)cc(NCC(C)N2CCCCC2)n1. The van der Waals surface area contributed by atoms with Gasteiger partial charge in [0, 0.05) is 25.1 Å². The summed E-state index contributed by atoms with van der Waals surface area (Å²) in [6.07, 6.45) is 4.80. The van der Waals surface area contributed by atoms with Gasteiger partial charge in [-0.25, -0.2) is 15.8 Å². The van der Waals surface area contributed by atoms with Crippen LogP contribution in [0.1, 0.15) is 38.9 Å². The van der Waals surface area contributed by atoms with E-state index < -0.39 is 0 Å². The minimum Gasteiger partial charge on any atom is -0.368 e. The van der Waals surface area contributed by atoms with E-state index in [1.165, 1.54) is 32.4 Å². The molecule has 2 heterocycles. The maximum Gasteiger partial charge on any atom is 0.145 e. The van der Waals surface area contributed by atoms with Gasteiger partial charge in [0.05, 0.1) is 0 Å². The second-order valence-electron chi connectivity index (χ2n) is 5.38. The number of nitrogens with zero attached hydrogens (tertiary/aromatic N) is 3. The molecule has 0 radical (unpaired) electrons. The first kappa shape index (κ1) is 15.0. The lowest BCUT2D eigenvalue weighted by Crippen LogP contribution is -2.41. The molecule has 20 heavy (non-hydrogen) atoms. The molecule has 1 atom stereocenters. The number of rotatable bonds is 6. The molecule has 6 heteroatoms. The molecule has 6 nitrogen and oxygen atoms in total. The van der Waals surface area contributed by atoms with Crippen molar-refractivity contribution in [2.75, 3.05) is 30.4 Å². The molecule has 4 N–H and O–H groups in total. The summed E-state index contributed by atoms with van der Waals surface area (Å²) >= 11 is 0. The Morgan fingerprint density at radius 1 is 1.25 bits per heavy atom. The van der Waals surface area contributed by atoms with Gasteiger partial charge in [0.2, 0.25) is 0 Å². The zero-order valence-electron chi connectivity index (χ0n) is 12.5. The Balaban J connectivity index is 1.92. The van der Waals surface area contributed by atoms with Crippen LogP contribution in [0.15, 0.2) is 6.07 Å². The summed E-state index contributed by atoms with van der Waals surface area (Å²) in [6.45, 7) is 7.62. The van der Waals surface area contributed by atoms with Crippen LogP contribution in [0, 0.1) is 0 Å². The van der Waals surface area contributed by atoms with Crippen molar-refractivity contribution in [1.82, 2.24) is 14.9 Å². The topological polar surface area (TPSA) is 79.1 Å². The number of aromatic nitrogens is 2. The van der Waals surface area contributed by atoms with Gasteiger partial charge in [0.1, 0.15) is 17.5 Å². The van der Waals surface area contributed by atoms with Crippen LogP contribution in [-0.2, 0) is 6.42 Å². The fraction of sp³-hybridized carbons (Fsp3) is 0.714. The van der Waals surface area contributed by atoms with Crippen molar-refractivity contribution in [2.45, 2.75) is 45.6 Å². The lowest BCUT2D eigenvalue weighted by molar-refractivity contribution is 0.180. The van der Waals surface area contributed by atoms with E-state index in [0.29, 0.717) is 11.9 Å². The fourth-order valence-electron chi connectivity index (χ4n) is 2.56. The molecule has 0 aromatic carbocycles. The third-order valence-electron chi connectivity index (χ3n) is 3.83. The van der Waals surface area contributed by atoms with Crippen molar-refractivity contribution in [3.8, 4) is 0 Å². The predicted octanol–water partition coefficient (Wildman–Crippen LogP) is 1.61. The Morgan fingerprint density at radius 3 is 2.60 bits per heavy atom. The minimum atomic E-state index is 0.518. The maximum absolute atomic E-state index is 5.44. The van der Waals surface area contributed by atoms with Gasteiger partial charge in [-0.3, -0.25) is 4.90 Å². The average molecular weight is 278 g/mol. The Labute approximate surface area is 121 Å². The van der Waals surface area contributed by atoms with E-state index in [0.717, 1.165) is 24.6 Å². The molecule has 1 aliphatic rings. The van der Waals surface area contributed by atoms with Crippen LogP contribution in [0.4, 0.5) is 11.6 Å². The molecule has 1 unspecified atom stereocenters. The highest BCUT2D eigenvalue weighted by atomic mass is 15.3. The summed E-state index contributed by atoms with van der Waals surface area (Å²) in [6, 6.07) is 2.37. The first-order valence-electron chi connectivity index (χ1n) is 7.55.